The van der Waals surface area contributed by atoms with Crippen LogP contribution in [-0.4, -0.2) is 4.37 Å². The number of hydrogen-bond donors (Lipinski definition) is 1. The van der Waals surface area contributed by atoms with Gasteiger partial charge >= 0.3 is 0 Å². The molecule has 0 bridgehead atoms. The van der Waals surface area contributed by atoms with Crippen LogP contribution < -0.4 is 0 Å². The first kappa shape index (κ1) is 13.7. The molecule has 0 spiro atoms. The molecule has 4 nitrogen and oxygen atoms in total. The van der Waals surface area contributed by atoms with E-state index in [0.29, 0.717) is 5.69 Å². The van der Waals surface area contributed by atoms with Gasteiger partial charge in [-0.25, -0.2) is 0 Å². The Kier molecular flexibility index (Phi) is 5.26. The summed E-state index contributed by atoms with van der Waals surface area (Å²) in [7, 11) is 0. The van der Waals surface area contributed by atoms with E-state index in [2.05, 4.69) is 4.37 Å². The van der Waals surface area contributed by atoms with E-state index in [1.54, 1.807) is 6.07 Å². The zero-order valence-corrected chi connectivity index (χ0v) is 11.3. The molecule has 0 aliphatic carbocycles. The predicted octanol–water partition coefficient (Wildman–Crippen LogP) is 4.61. The van der Waals surface area contributed by atoms with Crippen LogP contribution in [0.15, 0.2) is 75.5 Å². The van der Waals surface area contributed by atoms with Crippen molar-refractivity contribution in [2.24, 2.45) is 0 Å². The summed E-state index contributed by atoms with van der Waals surface area (Å²) in [4.78, 5) is 0. The van der Waals surface area contributed by atoms with Gasteiger partial charge in [-0.3, -0.25) is 0 Å². The van der Waals surface area contributed by atoms with Crippen LogP contribution in [0.25, 0.3) is 11.3 Å². The Morgan fingerprint density at radius 3 is 2.65 bits per heavy atom. The second kappa shape index (κ2) is 7.67. The van der Waals surface area contributed by atoms with Gasteiger partial charge in [0, 0.05) is 10.9 Å². The fourth-order valence-electron chi connectivity index (χ4n) is 1.39. The standard InChI is InChI=1S/C15H12N2O2S/c16-11-14-15-13(12-20-17-15)7-5-3-1-2-4-6-8-18-9-10-19-14/h1-10,12,17H. The van der Waals surface area contributed by atoms with Crippen LogP contribution in [0.4, 0.5) is 0 Å². The predicted molar refractivity (Wildman–Crippen MR) is 77.4 cm³/mol. The van der Waals surface area contributed by atoms with Gasteiger partial charge in [-0.05, 0) is 6.07 Å². The van der Waals surface area contributed by atoms with Gasteiger partial charge in [-0.2, -0.15) is 5.26 Å². The fraction of sp³-hybridized carbons (Fsp3) is 0. The highest BCUT2D eigenvalue weighted by Gasteiger charge is 2.06. The van der Waals surface area contributed by atoms with Gasteiger partial charge in [0.1, 0.15) is 24.3 Å². The Morgan fingerprint density at radius 2 is 1.80 bits per heavy atom. The van der Waals surface area contributed by atoms with Crippen molar-refractivity contribution >= 4 is 11.5 Å². The molecule has 0 aromatic heterocycles. The number of nitrogens with zero attached hydrogens (tertiary/aromatic N) is 1. The second-order valence-corrected chi connectivity index (χ2v) is 4.27. The lowest BCUT2D eigenvalue weighted by Crippen LogP contribution is -1.78. The number of aromatic amines is 1. The first-order valence-electron chi connectivity index (χ1n) is 5.82. The molecular weight excluding hydrogens is 272 g/mol. The Bertz CT molecular complexity index is 713. The molecule has 20 heavy (non-hydrogen) atoms. The molecule has 0 atom stereocenters. The number of rotatable bonds is 0. The molecule has 0 aromatic rings. The molecule has 100 valence electrons. The van der Waals surface area contributed by atoms with Gasteiger partial charge in [-0.1, -0.05) is 47.9 Å². The molecule has 2 heterocycles. The minimum absolute atomic E-state index is 0.187. The summed E-state index contributed by atoms with van der Waals surface area (Å²) in [5, 5.41) is 11.1. The first-order chi connectivity index (χ1) is 9.92. The Labute approximate surface area is 120 Å². The van der Waals surface area contributed by atoms with Crippen LogP contribution in [0.2, 0.25) is 0 Å². The van der Waals surface area contributed by atoms with Crippen LogP contribution in [0, 0.1) is 11.3 Å². The molecule has 0 saturated carbocycles. The van der Waals surface area contributed by atoms with Gasteiger partial charge < -0.3 is 13.2 Å². The lowest BCUT2D eigenvalue weighted by atomic mass is 10.2. The molecule has 1 N–H and O–H groups in total. The Morgan fingerprint density at radius 1 is 1.00 bits per heavy atom. The molecular formula is C15H12N2O2S. The monoisotopic (exact) mass is 284 g/mol. The van der Waals surface area contributed by atoms with E-state index >= 15 is 0 Å². The Balaban J connectivity index is 2.62. The van der Waals surface area contributed by atoms with E-state index in [4.69, 9.17) is 14.1 Å². The number of fused-ring (bicyclic) bond motifs is 1. The van der Waals surface area contributed by atoms with Crippen molar-refractivity contribution in [1.29, 1.82) is 5.26 Å². The van der Waals surface area contributed by atoms with Crippen LogP contribution in [0.1, 0.15) is 5.76 Å². The quantitative estimate of drug-likeness (QED) is 0.768. The number of aromatic nitrogens is 1. The summed E-state index contributed by atoms with van der Waals surface area (Å²) in [5.41, 5.74) is 1.54. The molecule has 0 aromatic carbocycles. The zero-order valence-electron chi connectivity index (χ0n) is 10.5. The molecule has 0 fully saturated rings. The lowest BCUT2D eigenvalue weighted by Gasteiger charge is -1.91. The molecule has 5 heteroatoms. The van der Waals surface area contributed by atoms with E-state index in [1.807, 2.05) is 47.8 Å². The molecule has 2 aliphatic heterocycles. The zero-order chi connectivity index (χ0) is 14.0. The molecule has 0 amide bonds. The largest absolute Gasteiger partial charge is 0.469 e. The highest BCUT2D eigenvalue weighted by molar-refractivity contribution is 7.04. The SMILES string of the molecule is N#Cc1occoccccccccc2cs[nH]c1-2. The summed E-state index contributed by atoms with van der Waals surface area (Å²) in [6.45, 7) is 0. The second-order valence-electron chi connectivity index (χ2n) is 3.59. The molecule has 0 radical (unpaired) electrons. The van der Waals surface area contributed by atoms with Crippen LogP contribution in [0.5, 0.6) is 0 Å². The summed E-state index contributed by atoms with van der Waals surface area (Å²) in [6, 6.07) is 15.1. The van der Waals surface area contributed by atoms with Crippen molar-refractivity contribution in [3.05, 3.63) is 72.4 Å². The number of hydrogen-bond acceptors (Lipinski definition) is 4. The van der Waals surface area contributed by atoms with Crippen LogP contribution in [0.3, 0.4) is 0 Å². The first-order valence-corrected chi connectivity index (χ1v) is 6.70. The fourth-order valence-corrected chi connectivity index (χ4v) is 2.10. The van der Waals surface area contributed by atoms with Crippen LogP contribution in [-0.2, 0) is 0 Å². The maximum atomic E-state index is 9.14. The van der Waals surface area contributed by atoms with Crippen molar-refractivity contribution in [3.63, 3.8) is 0 Å². The van der Waals surface area contributed by atoms with E-state index in [-0.39, 0.29) is 5.76 Å². The van der Waals surface area contributed by atoms with E-state index in [1.165, 1.54) is 30.3 Å². The summed E-state index contributed by atoms with van der Waals surface area (Å²) in [6.07, 6.45) is 4.19. The van der Waals surface area contributed by atoms with E-state index < -0.39 is 0 Å². The van der Waals surface area contributed by atoms with E-state index in [0.717, 1.165) is 5.56 Å². The molecule has 0 unspecified atom stereocenters. The highest BCUT2D eigenvalue weighted by Crippen LogP contribution is 2.22. The highest BCUT2D eigenvalue weighted by atomic mass is 32.1. The van der Waals surface area contributed by atoms with Crippen molar-refractivity contribution in [2.75, 3.05) is 0 Å². The van der Waals surface area contributed by atoms with Crippen LogP contribution >= 0.6 is 11.5 Å². The summed E-state index contributed by atoms with van der Waals surface area (Å²) >= 11 is 1.40. The minimum atomic E-state index is 0.187. The average molecular weight is 284 g/mol. The molecule has 2 aliphatic rings. The third-order valence-electron chi connectivity index (χ3n) is 2.27. The summed E-state index contributed by atoms with van der Waals surface area (Å²) in [5.74, 6) is 0.187. The topological polar surface area (TPSA) is 65.9 Å². The minimum Gasteiger partial charge on any atom is -0.469 e. The maximum Gasteiger partial charge on any atom is 0.228 e. The summed E-state index contributed by atoms with van der Waals surface area (Å²) < 4.78 is 13.4. The van der Waals surface area contributed by atoms with Gasteiger partial charge in [0.2, 0.25) is 5.76 Å². The van der Waals surface area contributed by atoms with Crippen molar-refractivity contribution in [2.45, 2.75) is 0 Å². The van der Waals surface area contributed by atoms with Crippen molar-refractivity contribution < 1.29 is 8.83 Å². The van der Waals surface area contributed by atoms with Crippen molar-refractivity contribution in [3.8, 4) is 17.3 Å². The van der Waals surface area contributed by atoms with Gasteiger partial charge in [0.25, 0.3) is 0 Å². The number of nitriles is 1. The maximum absolute atomic E-state index is 9.14. The third-order valence-corrected chi connectivity index (χ3v) is 2.97. The normalized spacial score (nSPS) is 8.95. The Hall–Kier alpha value is -2.71. The van der Waals surface area contributed by atoms with Gasteiger partial charge in [-0.15, -0.1) is 0 Å². The van der Waals surface area contributed by atoms with E-state index in [9.17, 15) is 0 Å². The van der Waals surface area contributed by atoms with Gasteiger partial charge in [0.15, 0.2) is 0 Å². The molecule has 0 saturated heterocycles. The third kappa shape index (κ3) is 3.90. The molecule has 2 rings (SSSR count). The lowest BCUT2D eigenvalue weighted by molar-refractivity contribution is 0.490. The van der Waals surface area contributed by atoms with Gasteiger partial charge in [0.05, 0.1) is 6.26 Å². The number of H-pyrrole nitrogens is 1. The average Bonchev–Trinajstić information content (AvgIpc) is 2.91. The smallest absolute Gasteiger partial charge is 0.228 e. The number of nitrogens with one attached hydrogen (secondary N) is 1. The van der Waals surface area contributed by atoms with Crippen molar-refractivity contribution in [1.82, 2.24) is 4.37 Å².